The fourth-order valence-electron chi connectivity index (χ4n) is 2.20. The molecule has 0 unspecified atom stereocenters. The van der Waals surface area contributed by atoms with E-state index in [0.717, 1.165) is 17.1 Å². The first kappa shape index (κ1) is 14.3. The Morgan fingerprint density at radius 1 is 1.14 bits per heavy atom. The number of pyridine rings is 1. The number of rotatable bonds is 5. The molecule has 3 rings (SSSR count). The van der Waals surface area contributed by atoms with Gasteiger partial charge in [0.25, 0.3) is 0 Å². The van der Waals surface area contributed by atoms with Crippen molar-refractivity contribution in [3.05, 3.63) is 71.8 Å². The second-order valence-electron chi connectivity index (χ2n) is 4.96. The molecular formula is C17H17N3O2. The molecule has 0 radical (unpaired) electrons. The molecule has 0 aliphatic heterocycles. The van der Waals surface area contributed by atoms with Gasteiger partial charge in [-0.3, -0.25) is 4.98 Å². The van der Waals surface area contributed by atoms with Gasteiger partial charge in [-0.05, 0) is 37.3 Å². The van der Waals surface area contributed by atoms with Gasteiger partial charge in [0.2, 0.25) is 0 Å². The average Bonchev–Trinajstić information content (AvgIpc) is 2.95. The summed E-state index contributed by atoms with van der Waals surface area (Å²) in [6.07, 6.45) is 1.61. The number of hydrogen-bond donors (Lipinski definition) is 1. The molecule has 5 heteroatoms. The topological polar surface area (TPSA) is 60.2 Å². The Morgan fingerprint density at radius 3 is 2.64 bits per heavy atom. The van der Waals surface area contributed by atoms with E-state index >= 15 is 0 Å². The van der Waals surface area contributed by atoms with Crippen molar-refractivity contribution in [1.82, 2.24) is 14.8 Å². The molecule has 0 saturated carbocycles. The van der Waals surface area contributed by atoms with Gasteiger partial charge < -0.3 is 9.84 Å². The molecule has 112 valence electrons. The van der Waals surface area contributed by atoms with E-state index in [0.29, 0.717) is 18.1 Å². The first-order valence-corrected chi connectivity index (χ1v) is 7.06. The minimum absolute atomic E-state index is 0.0692. The largest absolute Gasteiger partial charge is 0.486 e. The lowest BCUT2D eigenvalue weighted by Crippen LogP contribution is -2.05. The summed E-state index contributed by atoms with van der Waals surface area (Å²) in [5.74, 6) is 0.663. The maximum Gasteiger partial charge on any atom is 0.138 e. The van der Waals surface area contributed by atoms with Crippen LogP contribution in [-0.4, -0.2) is 19.9 Å². The molecule has 0 amide bonds. The number of benzene rings is 1. The van der Waals surface area contributed by atoms with Gasteiger partial charge in [-0.25, -0.2) is 4.68 Å². The number of nitrogens with zero attached hydrogens (tertiary/aromatic N) is 3. The Labute approximate surface area is 128 Å². The van der Waals surface area contributed by atoms with Gasteiger partial charge in [0.1, 0.15) is 12.4 Å². The van der Waals surface area contributed by atoms with Crippen LogP contribution in [0.1, 0.15) is 17.1 Å². The number of aliphatic hydroxyl groups excluding tert-OH is 1. The number of aromatic nitrogens is 3. The van der Waals surface area contributed by atoms with Gasteiger partial charge in [-0.15, -0.1) is 0 Å². The van der Waals surface area contributed by atoms with Crippen molar-refractivity contribution in [2.24, 2.45) is 0 Å². The zero-order valence-corrected chi connectivity index (χ0v) is 12.3. The van der Waals surface area contributed by atoms with Crippen molar-refractivity contribution in [3.8, 4) is 11.4 Å². The maximum absolute atomic E-state index is 8.99. The molecule has 3 aromatic rings. The summed E-state index contributed by atoms with van der Waals surface area (Å²) in [6, 6.07) is 15.5. The van der Waals surface area contributed by atoms with Crippen LogP contribution >= 0.6 is 0 Å². The molecule has 0 fully saturated rings. The van der Waals surface area contributed by atoms with E-state index in [9.17, 15) is 0 Å². The number of aryl methyl sites for hydroxylation is 1. The Hall–Kier alpha value is -2.66. The van der Waals surface area contributed by atoms with Gasteiger partial charge in [0.05, 0.1) is 35.6 Å². The quantitative estimate of drug-likeness (QED) is 0.786. The van der Waals surface area contributed by atoms with Crippen LogP contribution in [0.15, 0.2) is 54.7 Å². The van der Waals surface area contributed by atoms with Gasteiger partial charge in [0, 0.05) is 0 Å². The second kappa shape index (κ2) is 6.41. The summed E-state index contributed by atoms with van der Waals surface area (Å²) in [6.45, 7) is 2.29. The monoisotopic (exact) mass is 295 g/mol. The Morgan fingerprint density at radius 2 is 1.95 bits per heavy atom. The lowest BCUT2D eigenvalue weighted by atomic mass is 10.3. The maximum atomic E-state index is 8.99. The third kappa shape index (κ3) is 3.15. The highest BCUT2D eigenvalue weighted by Gasteiger charge is 2.08. The molecular weight excluding hydrogens is 278 g/mol. The van der Waals surface area contributed by atoms with Crippen molar-refractivity contribution in [1.29, 1.82) is 0 Å². The van der Waals surface area contributed by atoms with Crippen molar-refractivity contribution >= 4 is 0 Å². The standard InChI is InChI=1S/C17H17N3O2/c1-13-9-16(20(19-13)15-5-3-2-4-6-15)12-22-17-8-7-14(11-21)18-10-17/h2-10,21H,11-12H2,1H3. The van der Waals surface area contributed by atoms with Crippen LogP contribution in [0.2, 0.25) is 0 Å². The molecule has 0 bridgehead atoms. The van der Waals surface area contributed by atoms with Gasteiger partial charge in [-0.1, -0.05) is 18.2 Å². The number of aliphatic hydroxyl groups is 1. The molecule has 0 aliphatic carbocycles. The average molecular weight is 295 g/mol. The van der Waals surface area contributed by atoms with Crippen molar-refractivity contribution in [3.63, 3.8) is 0 Å². The highest BCUT2D eigenvalue weighted by atomic mass is 16.5. The van der Waals surface area contributed by atoms with Crippen LogP contribution in [-0.2, 0) is 13.2 Å². The van der Waals surface area contributed by atoms with Crippen molar-refractivity contribution < 1.29 is 9.84 Å². The molecule has 0 saturated heterocycles. The third-order valence-electron chi connectivity index (χ3n) is 3.25. The molecule has 0 aliphatic rings. The van der Waals surface area contributed by atoms with Crippen LogP contribution in [0, 0.1) is 6.92 Å². The van der Waals surface area contributed by atoms with Crippen LogP contribution in [0.3, 0.4) is 0 Å². The smallest absolute Gasteiger partial charge is 0.138 e. The molecule has 0 spiro atoms. The number of hydrogen-bond acceptors (Lipinski definition) is 4. The summed E-state index contributed by atoms with van der Waals surface area (Å²) >= 11 is 0. The van der Waals surface area contributed by atoms with E-state index in [2.05, 4.69) is 10.1 Å². The second-order valence-corrected chi connectivity index (χ2v) is 4.96. The van der Waals surface area contributed by atoms with E-state index in [1.165, 1.54) is 0 Å². The van der Waals surface area contributed by atoms with Crippen LogP contribution in [0.5, 0.6) is 5.75 Å². The highest BCUT2D eigenvalue weighted by molar-refractivity contribution is 5.33. The predicted molar refractivity (Wildman–Crippen MR) is 82.8 cm³/mol. The van der Waals surface area contributed by atoms with E-state index < -0.39 is 0 Å². The van der Waals surface area contributed by atoms with E-state index in [1.54, 1.807) is 18.3 Å². The summed E-state index contributed by atoms with van der Waals surface area (Å²) < 4.78 is 7.64. The van der Waals surface area contributed by atoms with Crippen LogP contribution in [0.25, 0.3) is 5.69 Å². The first-order valence-electron chi connectivity index (χ1n) is 7.06. The molecule has 2 aromatic heterocycles. The van der Waals surface area contributed by atoms with E-state index in [4.69, 9.17) is 9.84 Å². The Balaban J connectivity index is 1.77. The van der Waals surface area contributed by atoms with Crippen LogP contribution in [0.4, 0.5) is 0 Å². The first-order chi connectivity index (χ1) is 10.8. The van der Waals surface area contributed by atoms with E-state index in [-0.39, 0.29) is 6.61 Å². The SMILES string of the molecule is Cc1cc(COc2ccc(CO)nc2)n(-c2ccccc2)n1. The number of ether oxygens (including phenoxy) is 1. The van der Waals surface area contributed by atoms with Gasteiger partial charge in [0.15, 0.2) is 0 Å². The van der Waals surface area contributed by atoms with Crippen molar-refractivity contribution in [2.45, 2.75) is 20.1 Å². The normalized spacial score (nSPS) is 10.6. The molecule has 5 nitrogen and oxygen atoms in total. The van der Waals surface area contributed by atoms with Crippen molar-refractivity contribution in [2.75, 3.05) is 0 Å². The molecule has 22 heavy (non-hydrogen) atoms. The van der Waals surface area contributed by atoms with Gasteiger partial charge in [-0.2, -0.15) is 5.10 Å². The molecule has 0 atom stereocenters. The predicted octanol–water partition coefficient (Wildman–Crippen LogP) is 2.65. The highest BCUT2D eigenvalue weighted by Crippen LogP contribution is 2.16. The Bertz CT molecular complexity index is 736. The summed E-state index contributed by atoms with van der Waals surface area (Å²) in [5.41, 5.74) is 3.53. The minimum atomic E-state index is -0.0692. The molecule has 2 heterocycles. The summed E-state index contributed by atoms with van der Waals surface area (Å²) in [7, 11) is 0. The van der Waals surface area contributed by atoms with Gasteiger partial charge >= 0.3 is 0 Å². The zero-order chi connectivity index (χ0) is 15.4. The zero-order valence-electron chi connectivity index (χ0n) is 12.3. The lowest BCUT2D eigenvalue weighted by molar-refractivity contribution is 0.274. The Kier molecular flexibility index (Phi) is 4.16. The minimum Gasteiger partial charge on any atom is -0.486 e. The summed E-state index contributed by atoms with van der Waals surface area (Å²) in [4.78, 5) is 4.10. The van der Waals surface area contributed by atoms with E-state index in [1.807, 2.05) is 48.0 Å². The van der Waals surface area contributed by atoms with Crippen LogP contribution < -0.4 is 4.74 Å². The molecule has 1 N–H and O–H groups in total. The fourth-order valence-corrected chi connectivity index (χ4v) is 2.20. The number of para-hydroxylation sites is 1. The fraction of sp³-hybridized carbons (Fsp3) is 0.176. The molecule has 1 aromatic carbocycles. The third-order valence-corrected chi connectivity index (χ3v) is 3.25. The lowest BCUT2D eigenvalue weighted by Gasteiger charge is -2.09. The summed E-state index contributed by atoms with van der Waals surface area (Å²) in [5, 5.41) is 13.5.